The summed E-state index contributed by atoms with van der Waals surface area (Å²) in [5.74, 6) is 1.57. The van der Waals surface area contributed by atoms with Crippen molar-refractivity contribution in [1.29, 1.82) is 0 Å². The molecule has 2 heterocycles. The SMILES string of the molecule is COc1ccc(C)cc1NC(=O)OC1CC2CCCC(C1)N2CCCN(CC[S-])CC(=O)[N-]CC[S-].[O]=[99Tc+5]. The first kappa shape index (κ1) is 33.0. The Morgan fingerprint density at radius 2 is 1.87 bits per heavy atom. The van der Waals surface area contributed by atoms with E-state index in [0.717, 1.165) is 69.6 Å². The molecular formula is C26H39N4O5S2Tc+2. The van der Waals surface area contributed by atoms with Crippen LogP contribution in [-0.2, 0) is 57.1 Å². The number of fused-ring (bicyclic) bond motifs is 2. The number of ether oxygens (including phenoxy) is 2. The average Bonchev–Trinajstić information content (AvgIpc) is 2.89. The molecule has 2 unspecified atom stereocenters. The van der Waals surface area contributed by atoms with Crippen molar-refractivity contribution in [1.82, 2.24) is 9.80 Å². The summed E-state index contributed by atoms with van der Waals surface area (Å²) in [5.41, 5.74) is 1.66. The minimum absolute atomic E-state index is 0.0901. The van der Waals surface area contributed by atoms with Crippen LogP contribution in [-0.4, -0.2) is 91.3 Å². The zero-order valence-corrected chi connectivity index (χ0v) is 25.7. The van der Waals surface area contributed by atoms with Gasteiger partial charge in [0.05, 0.1) is 18.7 Å². The molecule has 12 heteroatoms. The standard InChI is InChI=1S/C26H42N4O4S2.O.Tc/c1-19-7-8-24(33-2)23(15-19)28-26(32)34-22-16-20-5-3-6-21(17-22)30(20)11-4-10-29(12-14-36)18-25(31)27-9-13-35;;/h7-8,15,20-22H,3-6,9-14,16-18H2,1-2H3,(H4,27,28,31,32,35,36);;/q;;+5/p-3/i;;1+1. The van der Waals surface area contributed by atoms with E-state index in [1.807, 2.05) is 25.1 Å². The van der Waals surface area contributed by atoms with Gasteiger partial charge in [-0.25, -0.2) is 4.79 Å². The van der Waals surface area contributed by atoms with E-state index in [9.17, 15) is 9.59 Å². The van der Waals surface area contributed by atoms with Gasteiger partial charge in [-0.2, -0.15) is 18.1 Å². The molecule has 3 rings (SSSR count). The maximum atomic E-state index is 12.7. The van der Waals surface area contributed by atoms with E-state index in [2.05, 4.69) is 20.4 Å². The summed E-state index contributed by atoms with van der Waals surface area (Å²) in [5, 5.41) is 6.86. The van der Waals surface area contributed by atoms with Gasteiger partial charge >= 0.3 is 28.5 Å². The number of hydrogen-bond acceptors (Lipinski definition) is 9. The summed E-state index contributed by atoms with van der Waals surface area (Å²) in [6.45, 7) is 5.21. The predicted molar refractivity (Wildman–Crippen MR) is 148 cm³/mol. The number of methoxy groups -OCH3 is 1. The van der Waals surface area contributed by atoms with Crippen molar-refractivity contribution in [2.75, 3.05) is 56.7 Å². The van der Waals surface area contributed by atoms with Crippen molar-refractivity contribution in [2.45, 2.75) is 63.6 Å². The Kier molecular flexibility index (Phi) is 15.8. The molecule has 2 bridgehead atoms. The number of rotatable bonds is 13. The zero-order chi connectivity index (χ0) is 27.9. The van der Waals surface area contributed by atoms with Crippen LogP contribution in [0.5, 0.6) is 5.75 Å². The third kappa shape index (κ3) is 10.8. The van der Waals surface area contributed by atoms with Crippen LogP contribution in [0.2, 0.25) is 0 Å². The van der Waals surface area contributed by atoms with E-state index in [-0.39, 0.29) is 12.0 Å². The molecule has 0 aromatic heterocycles. The van der Waals surface area contributed by atoms with Gasteiger partial charge in [0.2, 0.25) is 0 Å². The topological polar surface area (TPSA) is 102 Å². The Hall–Kier alpha value is -1.17. The fraction of sp³-hybridized carbons (Fsp3) is 0.692. The van der Waals surface area contributed by atoms with Gasteiger partial charge in [-0.05, 0) is 63.5 Å². The number of hydrogen-bond donors (Lipinski definition) is 1. The average molecular weight is 651 g/mol. The first-order valence-electron chi connectivity index (χ1n) is 13.1. The van der Waals surface area contributed by atoms with Gasteiger partial charge < -0.3 is 44.8 Å². The molecule has 2 amide bonds. The number of nitrogens with zero attached hydrogens (tertiary/aromatic N) is 3. The molecule has 0 aliphatic carbocycles. The molecule has 2 saturated heterocycles. The number of piperidine rings is 2. The van der Waals surface area contributed by atoms with Crippen LogP contribution in [0.4, 0.5) is 10.5 Å². The molecule has 0 spiro atoms. The van der Waals surface area contributed by atoms with E-state index in [4.69, 9.17) is 38.2 Å². The summed E-state index contributed by atoms with van der Waals surface area (Å²) in [7, 11) is 1.59. The Balaban J connectivity index is 0.00000247. The Labute approximate surface area is 248 Å². The van der Waals surface area contributed by atoms with Crippen molar-refractivity contribution in [3.05, 3.63) is 29.1 Å². The van der Waals surface area contributed by atoms with Crippen LogP contribution in [0.3, 0.4) is 0 Å². The number of amides is 2. The molecule has 1 aromatic carbocycles. The molecule has 38 heavy (non-hydrogen) atoms. The second-order valence-corrected chi connectivity index (χ2v) is 10.4. The van der Waals surface area contributed by atoms with Gasteiger partial charge in [-0.1, -0.05) is 12.5 Å². The van der Waals surface area contributed by atoms with Gasteiger partial charge in [0, 0.05) is 31.5 Å². The van der Waals surface area contributed by atoms with Crippen LogP contribution in [0.1, 0.15) is 44.1 Å². The van der Waals surface area contributed by atoms with E-state index in [1.54, 1.807) is 7.11 Å². The number of anilines is 1. The second kappa shape index (κ2) is 18.2. The van der Waals surface area contributed by atoms with Gasteiger partial charge in [0.15, 0.2) is 0 Å². The third-order valence-corrected chi connectivity index (χ3v) is 7.35. The van der Waals surface area contributed by atoms with Crippen molar-refractivity contribution in [2.24, 2.45) is 0 Å². The number of benzene rings is 1. The van der Waals surface area contributed by atoms with Crippen LogP contribution in [0.25, 0.3) is 5.32 Å². The van der Waals surface area contributed by atoms with Crippen LogP contribution in [0.15, 0.2) is 18.2 Å². The molecule has 9 nitrogen and oxygen atoms in total. The van der Waals surface area contributed by atoms with Crippen LogP contribution >= 0.6 is 0 Å². The molecule has 0 radical (unpaired) electrons. The van der Waals surface area contributed by atoms with Gasteiger partial charge in [-0.15, -0.1) is 0 Å². The normalized spacial score (nSPS) is 20.8. The molecule has 210 valence electrons. The predicted octanol–water partition coefficient (Wildman–Crippen LogP) is 3.50. The maximum absolute atomic E-state index is 12.7. The van der Waals surface area contributed by atoms with Crippen LogP contribution in [0, 0.1) is 6.92 Å². The number of carbonyl (C=O) groups is 2. The fourth-order valence-corrected chi connectivity index (χ4v) is 5.74. The zero-order valence-electron chi connectivity index (χ0n) is 22.2. The molecule has 1 aromatic rings. The monoisotopic (exact) mass is 650 g/mol. The molecule has 1 N–H and O–H groups in total. The first-order valence-corrected chi connectivity index (χ1v) is 15.0. The quantitative estimate of drug-likeness (QED) is 0.322. The van der Waals surface area contributed by atoms with Crippen molar-refractivity contribution in [3.8, 4) is 5.75 Å². The molecule has 2 atom stereocenters. The van der Waals surface area contributed by atoms with Crippen LogP contribution < -0.4 is 10.1 Å². The van der Waals surface area contributed by atoms with Gasteiger partial charge in [0.25, 0.3) is 0 Å². The molecule has 0 saturated carbocycles. The summed E-state index contributed by atoms with van der Waals surface area (Å²) in [6.07, 6.45) is 5.61. The third-order valence-electron chi connectivity index (χ3n) is 6.98. The van der Waals surface area contributed by atoms with Gasteiger partial charge in [-0.3, -0.25) is 15.1 Å². The number of aryl methyl sites for hydroxylation is 1. The summed E-state index contributed by atoms with van der Waals surface area (Å²) < 4.78 is 19.4. The summed E-state index contributed by atoms with van der Waals surface area (Å²) in [6, 6.07) is 6.50. The second-order valence-electron chi connectivity index (χ2n) is 9.62. The van der Waals surface area contributed by atoms with E-state index in [0.29, 0.717) is 54.7 Å². The molecule has 2 fully saturated rings. The van der Waals surface area contributed by atoms with Crippen molar-refractivity contribution >= 4 is 42.9 Å². The van der Waals surface area contributed by atoms with Crippen molar-refractivity contribution < 1.29 is 41.4 Å². The molecule has 2 aliphatic rings. The first-order chi connectivity index (χ1) is 18.4. The minimum atomic E-state index is -0.430. The Morgan fingerprint density at radius 3 is 2.50 bits per heavy atom. The summed E-state index contributed by atoms with van der Waals surface area (Å²) in [4.78, 5) is 29.4. The molecule has 2 aliphatic heterocycles. The Bertz CT molecular complexity index is 870. The van der Waals surface area contributed by atoms with E-state index >= 15 is 0 Å². The van der Waals surface area contributed by atoms with Gasteiger partial charge in [0.1, 0.15) is 11.9 Å². The molecular weight excluding hydrogens is 611 g/mol. The van der Waals surface area contributed by atoms with E-state index < -0.39 is 6.09 Å². The number of carbonyl (C=O) groups excluding carboxylic acids is 2. The van der Waals surface area contributed by atoms with E-state index in [1.165, 1.54) is 6.42 Å². The Morgan fingerprint density at radius 1 is 1.16 bits per heavy atom. The van der Waals surface area contributed by atoms with Crippen molar-refractivity contribution in [3.63, 3.8) is 0 Å². The summed E-state index contributed by atoms with van der Waals surface area (Å²) >= 11 is 10.9. The fourth-order valence-electron chi connectivity index (χ4n) is 5.39. The number of nitrogens with one attached hydrogen (secondary N) is 1.